The Balaban J connectivity index is 2.46. The molecule has 32 valence electrons. The fourth-order valence-electron chi connectivity index (χ4n) is 0.786. The fourth-order valence-corrected chi connectivity index (χ4v) is 0.786. The highest BCUT2D eigenvalue weighted by atomic mass is 14.3. The Morgan fingerprint density at radius 1 is 1.00 bits per heavy atom. The molecule has 1 spiro atoms. The molecule has 2 rings (SSSR count). The first-order valence-electron chi connectivity index (χ1n) is 2.41. The van der Waals surface area contributed by atoms with Crippen molar-refractivity contribution in [2.45, 2.75) is 12.8 Å². The minimum atomic E-state index is 0.222. The van der Waals surface area contributed by atoms with Gasteiger partial charge in [-0.05, 0) is 0 Å². The number of rotatable bonds is 0. The first kappa shape index (κ1) is 3.16. The minimum Gasteiger partial charge on any atom is -0.0990 e. The zero-order valence-electron chi connectivity index (χ0n) is 3.91. The topological polar surface area (TPSA) is 0 Å². The van der Waals surface area contributed by atoms with Gasteiger partial charge in [0, 0.05) is 12.8 Å². The molecule has 0 aromatic rings. The quantitative estimate of drug-likeness (QED) is 0.384. The van der Waals surface area contributed by atoms with Crippen LogP contribution in [0.15, 0.2) is 0 Å². The van der Waals surface area contributed by atoms with Crippen molar-refractivity contribution in [3.05, 3.63) is 0 Å². The molecule has 0 saturated carbocycles. The van der Waals surface area contributed by atoms with Crippen LogP contribution < -0.4 is 0 Å². The molecule has 0 nitrogen and oxygen atoms in total. The third-order valence-corrected chi connectivity index (χ3v) is 1.44. The van der Waals surface area contributed by atoms with Crippen LogP contribution in [0.4, 0.5) is 0 Å². The highest BCUT2D eigenvalue weighted by molar-refractivity contribution is 5.44. The van der Waals surface area contributed by atoms with Crippen LogP contribution in [0.25, 0.3) is 0 Å². The molecule has 7 heavy (non-hydrogen) atoms. The summed E-state index contributed by atoms with van der Waals surface area (Å²) in [6.07, 6.45) is 2.06. The molecule has 0 bridgehead atoms. The summed E-state index contributed by atoms with van der Waals surface area (Å²) in [5, 5.41) is 0. The lowest BCUT2D eigenvalue weighted by molar-refractivity contribution is 0.512. The van der Waals surface area contributed by atoms with E-state index in [0.29, 0.717) is 0 Å². The molecule has 0 aromatic carbocycles. The average molecular weight is 88.1 g/mol. The van der Waals surface area contributed by atoms with Crippen LogP contribution in [0.2, 0.25) is 0 Å². The van der Waals surface area contributed by atoms with Crippen molar-refractivity contribution >= 4 is 0 Å². The van der Waals surface area contributed by atoms with E-state index in [-0.39, 0.29) is 5.41 Å². The van der Waals surface area contributed by atoms with Gasteiger partial charge in [-0.3, -0.25) is 0 Å². The minimum absolute atomic E-state index is 0.222. The van der Waals surface area contributed by atoms with Gasteiger partial charge in [0.15, 0.2) is 0 Å². The van der Waals surface area contributed by atoms with E-state index in [1.807, 2.05) is 0 Å². The molecule has 0 aliphatic heterocycles. The van der Waals surface area contributed by atoms with Gasteiger partial charge in [-0.25, -0.2) is 0 Å². The third kappa shape index (κ3) is 0.218. The molecule has 0 heterocycles. The maximum absolute atomic E-state index is 3.03. The third-order valence-electron chi connectivity index (χ3n) is 1.44. The monoisotopic (exact) mass is 88.0 g/mol. The molecular weight excluding hydrogens is 84.1 g/mol. The van der Waals surface area contributed by atoms with Crippen LogP contribution in [-0.4, -0.2) is 0 Å². The molecule has 0 amide bonds. The summed E-state index contributed by atoms with van der Waals surface area (Å²) in [6, 6.07) is 0. The van der Waals surface area contributed by atoms with Crippen LogP contribution in [-0.2, 0) is 0 Å². The van der Waals surface area contributed by atoms with E-state index in [9.17, 15) is 0 Å². The fraction of sp³-hybridized carbons (Fsp3) is 0.429. The first-order chi connectivity index (χ1) is 3.41. The van der Waals surface area contributed by atoms with E-state index in [1.165, 1.54) is 0 Å². The Labute approximate surface area is 42.9 Å². The highest BCUT2D eigenvalue weighted by Gasteiger charge is 2.32. The van der Waals surface area contributed by atoms with Crippen molar-refractivity contribution < 1.29 is 0 Å². The molecule has 0 N–H and O–H groups in total. The average Bonchev–Trinajstić information content (AvgIpc) is 1.20. The first-order valence-corrected chi connectivity index (χ1v) is 2.41. The normalized spacial score (nSPS) is 25.1. The number of hydrogen-bond donors (Lipinski definition) is 0. The van der Waals surface area contributed by atoms with E-state index in [2.05, 4.69) is 23.7 Å². The molecular formula is C7H4. The van der Waals surface area contributed by atoms with Crippen LogP contribution >= 0.6 is 0 Å². The van der Waals surface area contributed by atoms with Gasteiger partial charge >= 0.3 is 0 Å². The molecule has 0 saturated heterocycles. The molecule has 0 aromatic heterocycles. The maximum atomic E-state index is 3.03. The zero-order valence-corrected chi connectivity index (χ0v) is 3.91. The van der Waals surface area contributed by atoms with Crippen molar-refractivity contribution in [2.75, 3.05) is 0 Å². The summed E-state index contributed by atoms with van der Waals surface area (Å²) in [4.78, 5) is 0. The SMILES string of the molecule is C1#CC2(C#CC2)C1. The van der Waals surface area contributed by atoms with E-state index in [1.54, 1.807) is 0 Å². The lowest BCUT2D eigenvalue weighted by Gasteiger charge is -2.27. The lowest BCUT2D eigenvalue weighted by Crippen LogP contribution is -2.25. The van der Waals surface area contributed by atoms with Gasteiger partial charge < -0.3 is 0 Å². The molecule has 0 unspecified atom stereocenters. The van der Waals surface area contributed by atoms with Crippen LogP contribution in [0.5, 0.6) is 0 Å². The maximum Gasteiger partial charge on any atom is 0.113 e. The second kappa shape index (κ2) is 0.703. The summed E-state index contributed by atoms with van der Waals surface area (Å²) >= 11 is 0. The van der Waals surface area contributed by atoms with Crippen molar-refractivity contribution in [2.24, 2.45) is 5.41 Å². The Bertz CT molecular complexity index is 188. The Hall–Kier alpha value is -0.880. The van der Waals surface area contributed by atoms with E-state index in [4.69, 9.17) is 0 Å². The summed E-state index contributed by atoms with van der Waals surface area (Å²) in [5.41, 5.74) is 0.222. The second-order valence-electron chi connectivity index (χ2n) is 2.04. The largest absolute Gasteiger partial charge is 0.113 e. The number of hydrogen-bond acceptors (Lipinski definition) is 0. The highest BCUT2D eigenvalue weighted by Crippen LogP contribution is 2.34. The van der Waals surface area contributed by atoms with Gasteiger partial charge in [-0.2, -0.15) is 0 Å². The summed E-state index contributed by atoms with van der Waals surface area (Å²) in [5.74, 6) is 12.0. The van der Waals surface area contributed by atoms with E-state index < -0.39 is 0 Å². The predicted octanol–water partition coefficient (Wildman–Crippen LogP) is 0.787. The van der Waals surface area contributed by atoms with Gasteiger partial charge in [0.1, 0.15) is 5.41 Å². The lowest BCUT2D eigenvalue weighted by atomic mass is 9.72. The summed E-state index contributed by atoms with van der Waals surface area (Å²) in [6.45, 7) is 0. The molecule has 2 aliphatic carbocycles. The van der Waals surface area contributed by atoms with Crippen molar-refractivity contribution in [1.29, 1.82) is 0 Å². The van der Waals surface area contributed by atoms with Crippen LogP contribution in [0.1, 0.15) is 12.8 Å². The summed E-state index contributed by atoms with van der Waals surface area (Å²) in [7, 11) is 0. The predicted molar refractivity (Wildman–Crippen MR) is 27.2 cm³/mol. The van der Waals surface area contributed by atoms with Gasteiger partial charge in [0.2, 0.25) is 0 Å². The Morgan fingerprint density at radius 3 is 1.43 bits per heavy atom. The van der Waals surface area contributed by atoms with Crippen LogP contribution in [0, 0.1) is 29.1 Å². The Kier molecular flexibility index (Phi) is 0.318. The van der Waals surface area contributed by atoms with Crippen LogP contribution in [0.3, 0.4) is 0 Å². The standard InChI is InChI=1S/C7H4/c1-3-7(4-1)5-2-6-7/h3,5H2. The van der Waals surface area contributed by atoms with E-state index >= 15 is 0 Å². The molecule has 2 aliphatic rings. The summed E-state index contributed by atoms with van der Waals surface area (Å²) < 4.78 is 0. The molecule has 0 fully saturated rings. The van der Waals surface area contributed by atoms with Gasteiger partial charge in [0.05, 0.1) is 0 Å². The molecule has 0 atom stereocenters. The second-order valence-corrected chi connectivity index (χ2v) is 2.04. The van der Waals surface area contributed by atoms with Gasteiger partial charge in [-0.15, -0.1) is 0 Å². The Morgan fingerprint density at radius 2 is 1.43 bits per heavy atom. The van der Waals surface area contributed by atoms with Gasteiger partial charge in [-0.1, -0.05) is 23.7 Å². The van der Waals surface area contributed by atoms with Gasteiger partial charge in [0.25, 0.3) is 0 Å². The smallest absolute Gasteiger partial charge is 0.0990 e. The molecule has 0 radical (unpaired) electrons. The van der Waals surface area contributed by atoms with E-state index in [0.717, 1.165) is 12.8 Å². The molecule has 0 heteroatoms. The zero-order chi connectivity index (χ0) is 4.74. The van der Waals surface area contributed by atoms with Crippen molar-refractivity contribution in [1.82, 2.24) is 0 Å². The van der Waals surface area contributed by atoms with Crippen molar-refractivity contribution in [3.63, 3.8) is 0 Å². The van der Waals surface area contributed by atoms with Crippen molar-refractivity contribution in [3.8, 4) is 23.7 Å².